The van der Waals surface area contributed by atoms with Gasteiger partial charge >= 0.3 is 0 Å². The summed E-state index contributed by atoms with van der Waals surface area (Å²) in [6.07, 6.45) is -1.64. The Balaban J connectivity index is 1.33. The maximum Gasteiger partial charge on any atom is 0.141 e. The molecule has 1 aromatic carbocycles. The van der Waals surface area contributed by atoms with E-state index in [1.165, 1.54) is 11.1 Å². The summed E-state index contributed by atoms with van der Waals surface area (Å²) in [6, 6.07) is 6.13. The average Bonchev–Trinajstić information content (AvgIpc) is 3.24. The molecule has 154 valence electrons. The molecule has 8 heteroatoms. The van der Waals surface area contributed by atoms with Crippen LogP contribution in [0.3, 0.4) is 0 Å². The molecule has 5 N–H and O–H groups in total. The lowest BCUT2D eigenvalue weighted by molar-refractivity contribution is -0.127. The summed E-state index contributed by atoms with van der Waals surface area (Å²) in [5, 5.41) is 39.0. The SMILES string of the molecule is O[C@@H]1[C@H](O)[C@@H]([C@H](O)c2ccc3c(c2)CC3)O[C@H]1N1CCC2C(CCl)NCNC21. The van der Waals surface area contributed by atoms with E-state index in [4.69, 9.17) is 16.3 Å². The van der Waals surface area contributed by atoms with E-state index in [9.17, 15) is 15.3 Å². The molecule has 3 unspecified atom stereocenters. The Morgan fingerprint density at radius 2 is 2.00 bits per heavy atom. The monoisotopic (exact) mass is 409 g/mol. The normalized spacial score (nSPS) is 41.4. The third-order valence-corrected chi connectivity index (χ3v) is 7.32. The lowest BCUT2D eigenvalue weighted by Gasteiger charge is -2.40. The van der Waals surface area contributed by atoms with E-state index in [0.717, 1.165) is 31.4 Å². The topological polar surface area (TPSA) is 97.2 Å². The first-order chi connectivity index (χ1) is 13.6. The van der Waals surface area contributed by atoms with Gasteiger partial charge < -0.3 is 25.4 Å². The fourth-order valence-electron chi connectivity index (χ4n) is 5.24. The molecule has 3 heterocycles. The van der Waals surface area contributed by atoms with Crippen LogP contribution in [-0.4, -0.2) is 76.1 Å². The maximum atomic E-state index is 10.9. The van der Waals surface area contributed by atoms with Crippen molar-refractivity contribution in [1.82, 2.24) is 15.5 Å². The van der Waals surface area contributed by atoms with Gasteiger partial charge in [0.05, 0.1) is 6.17 Å². The third-order valence-electron chi connectivity index (χ3n) is 6.99. The molecule has 7 nitrogen and oxygen atoms in total. The fraction of sp³-hybridized carbons (Fsp3) is 0.700. The van der Waals surface area contributed by atoms with Crippen LogP contribution in [0.2, 0.25) is 0 Å². The molecular weight excluding hydrogens is 382 g/mol. The predicted octanol–water partition coefficient (Wildman–Crippen LogP) is -0.329. The Labute approximate surface area is 169 Å². The van der Waals surface area contributed by atoms with Gasteiger partial charge in [0.15, 0.2) is 0 Å². The van der Waals surface area contributed by atoms with Crippen molar-refractivity contribution in [2.45, 2.75) is 62.1 Å². The van der Waals surface area contributed by atoms with Gasteiger partial charge in [-0.15, -0.1) is 11.6 Å². The highest BCUT2D eigenvalue weighted by atomic mass is 35.5. The molecule has 0 amide bonds. The van der Waals surface area contributed by atoms with Crippen LogP contribution in [0.4, 0.5) is 0 Å². The number of fused-ring (bicyclic) bond motifs is 2. The number of aliphatic hydroxyl groups excluding tert-OH is 3. The zero-order chi connectivity index (χ0) is 19.4. The second-order valence-electron chi connectivity index (χ2n) is 8.43. The Kier molecular flexibility index (Phi) is 5.13. The molecular formula is C20H28ClN3O4. The summed E-state index contributed by atoms with van der Waals surface area (Å²) in [7, 11) is 0. The van der Waals surface area contributed by atoms with Crippen LogP contribution in [0.15, 0.2) is 18.2 Å². The van der Waals surface area contributed by atoms with Crippen LogP contribution in [0.1, 0.15) is 29.2 Å². The number of hydrogen-bond donors (Lipinski definition) is 5. The second kappa shape index (κ2) is 7.49. The van der Waals surface area contributed by atoms with Crippen LogP contribution >= 0.6 is 11.6 Å². The zero-order valence-corrected chi connectivity index (χ0v) is 16.4. The number of hydrogen-bond acceptors (Lipinski definition) is 7. The Hall–Kier alpha value is -0.770. The third kappa shape index (κ3) is 3.00. The first-order valence-electron chi connectivity index (χ1n) is 10.2. The highest BCUT2D eigenvalue weighted by Crippen LogP contribution is 2.38. The molecule has 1 aromatic rings. The smallest absolute Gasteiger partial charge is 0.141 e. The highest BCUT2D eigenvalue weighted by molar-refractivity contribution is 6.18. The number of benzene rings is 1. The van der Waals surface area contributed by atoms with Crippen molar-refractivity contribution < 1.29 is 20.1 Å². The quantitative estimate of drug-likeness (QED) is 0.434. The van der Waals surface area contributed by atoms with E-state index in [1.54, 1.807) is 0 Å². The van der Waals surface area contributed by atoms with Crippen LogP contribution < -0.4 is 10.6 Å². The molecule has 1 aliphatic carbocycles. The summed E-state index contributed by atoms with van der Waals surface area (Å²) >= 11 is 6.10. The van der Waals surface area contributed by atoms with Crippen molar-refractivity contribution in [3.8, 4) is 0 Å². The van der Waals surface area contributed by atoms with E-state index in [2.05, 4.69) is 15.5 Å². The minimum Gasteiger partial charge on any atom is -0.387 e. The van der Waals surface area contributed by atoms with Gasteiger partial charge in [-0.25, -0.2) is 0 Å². The van der Waals surface area contributed by atoms with Crippen molar-refractivity contribution in [3.63, 3.8) is 0 Å². The lowest BCUT2D eigenvalue weighted by atomic mass is 9.85. The number of rotatable bonds is 4. The van der Waals surface area contributed by atoms with E-state index >= 15 is 0 Å². The molecule has 3 fully saturated rings. The molecule has 28 heavy (non-hydrogen) atoms. The number of likely N-dealkylation sites (tertiary alicyclic amines) is 1. The molecule has 0 radical (unpaired) electrons. The number of aliphatic hydroxyl groups is 3. The first kappa shape index (κ1) is 19.2. The maximum absolute atomic E-state index is 10.9. The molecule has 3 saturated heterocycles. The zero-order valence-electron chi connectivity index (χ0n) is 15.7. The molecule has 3 aliphatic heterocycles. The average molecular weight is 410 g/mol. The first-order valence-corrected chi connectivity index (χ1v) is 10.7. The summed E-state index contributed by atoms with van der Waals surface area (Å²) in [5.74, 6) is 0.851. The standard InChI is InChI=1S/C20H28ClN3O4/c21-8-14-13-5-6-24(19(13)23-9-22-14)20-17(27)16(26)18(28-20)15(25)12-4-2-10-1-3-11(10)7-12/h2,4,7,13-20,22-23,25-27H,1,3,5-6,8-9H2/t13?,14?,15-,16+,17-,18-,19?,20-/m1/s1. The van der Waals surface area contributed by atoms with Crippen LogP contribution in [0.25, 0.3) is 0 Å². The molecule has 0 saturated carbocycles. The molecule has 0 bridgehead atoms. The van der Waals surface area contributed by atoms with E-state index in [-0.39, 0.29) is 12.2 Å². The van der Waals surface area contributed by atoms with Gasteiger partial charge in [0.1, 0.15) is 30.6 Å². The van der Waals surface area contributed by atoms with E-state index < -0.39 is 30.6 Å². The van der Waals surface area contributed by atoms with Gasteiger partial charge in [-0.1, -0.05) is 18.2 Å². The van der Waals surface area contributed by atoms with Crippen molar-refractivity contribution in [1.29, 1.82) is 0 Å². The van der Waals surface area contributed by atoms with Crippen molar-refractivity contribution in [2.75, 3.05) is 19.1 Å². The van der Waals surface area contributed by atoms with Crippen molar-refractivity contribution in [3.05, 3.63) is 34.9 Å². The second-order valence-corrected chi connectivity index (χ2v) is 8.74. The molecule has 8 atom stereocenters. The highest BCUT2D eigenvalue weighted by Gasteiger charge is 2.53. The van der Waals surface area contributed by atoms with Crippen LogP contribution in [-0.2, 0) is 17.6 Å². The van der Waals surface area contributed by atoms with Crippen LogP contribution in [0, 0.1) is 5.92 Å². The fourth-order valence-corrected chi connectivity index (χ4v) is 5.58. The minimum absolute atomic E-state index is 0.0317. The number of nitrogens with one attached hydrogen (secondary N) is 2. The number of nitrogens with zero attached hydrogens (tertiary/aromatic N) is 1. The Morgan fingerprint density at radius 3 is 2.71 bits per heavy atom. The summed E-state index contributed by atoms with van der Waals surface area (Å²) < 4.78 is 6.07. The Bertz CT molecular complexity index is 737. The van der Waals surface area contributed by atoms with Gasteiger partial charge in [0.2, 0.25) is 0 Å². The predicted molar refractivity (Wildman–Crippen MR) is 104 cm³/mol. The summed E-state index contributed by atoms with van der Waals surface area (Å²) in [4.78, 5) is 2.07. The van der Waals surface area contributed by atoms with E-state index in [1.807, 2.05) is 18.2 Å². The van der Waals surface area contributed by atoms with E-state index in [0.29, 0.717) is 18.5 Å². The minimum atomic E-state index is -1.14. The number of ether oxygens (including phenoxy) is 1. The van der Waals surface area contributed by atoms with Gasteiger partial charge in [0, 0.05) is 31.1 Å². The molecule has 0 spiro atoms. The van der Waals surface area contributed by atoms with Crippen molar-refractivity contribution in [2.24, 2.45) is 5.92 Å². The summed E-state index contributed by atoms with van der Waals surface area (Å²) in [5.41, 5.74) is 3.29. The largest absolute Gasteiger partial charge is 0.387 e. The number of halogens is 1. The Morgan fingerprint density at radius 1 is 1.18 bits per heavy atom. The lowest BCUT2D eigenvalue weighted by Crippen LogP contribution is -2.62. The van der Waals surface area contributed by atoms with Crippen molar-refractivity contribution >= 4 is 11.6 Å². The van der Waals surface area contributed by atoms with Gasteiger partial charge in [-0.2, -0.15) is 0 Å². The van der Waals surface area contributed by atoms with Gasteiger partial charge in [-0.3, -0.25) is 10.2 Å². The van der Waals surface area contributed by atoms with Gasteiger partial charge in [-0.05, 0) is 36.0 Å². The van der Waals surface area contributed by atoms with Gasteiger partial charge in [0.25, 0.3) is 0 Å². The number of aryl methyl sites for hydroxylation is 2. The molecule has 4 aliphatic rings. The molecule has 5 rings (SSSR count). The number of alkyl halides is 1. The molecule has 0 aromatic heterocycles. The van der Waals surface area contributed by atoms with Crippen LogP contribution in [0.5, 0.6) is 0 Å². The summed E-state index contributed by atoms with van der Waals surface area (Å²) in [6.45, 7) is 1.38.